The van der Waals surface area contributed by atoms with Crippen molar-refractivity contribution < 1.29 is 4.79 Å². The molecule has 3 heteroatoms. The molecule has 2 heterocycles. The van der Waals surface area contributed by atoms with Crippen molar-refractivity contribution in [2.45, 2.75) is 6.42 Å². The lowest BCUT2D eigenvalue weighted by molar-refractivity contribution is -0.114. The van der Waals surface area contributed by atoms with Gasteiger partial charge in [-0.05, 0) is 18.2 Å². The number of nitrogens with zero attached hydrogens (tertiary/aromatic N) is 2. The maximum atomic E-state index is 10.9. The smallest absolute Gasteiger partial charge is 0.158 e. The molecule has 0 aliphatic carbocycles. The van der Waals surface area contributed by atoms with E-state index in [0.29, 0.717) is 6.42 Å². The molecule has 0 amide bonds. The third-order valence-electron chi connectivity index (χ3n) is 2.02. The monoisotopic (exact) mass is 174 g/mol. The van der Waals surface area contributed by atoms with E-state index >= 15 is 0 Å². The Bertz CT molecular complexity index is 332. The van der Waals surface area contributed by atoms with Crippen LogP contribution < -0.4 is 4.90 Å². The van der Waals surface area contributed by atoms with Gasteiger partial charge in [-0.2, -0.15) is 0 Å². The van der Waals surface area contributed by atoms with Gasteiger partial charge in [-0.15, -0.1) is 0 Å². The molecule has 1 aromatic heterocycles. The average molecular weight is 174 g/mol. The highest BCUT2D eigenvalue weighted by Crippen LogP contribution is 2.15. The van der Waals surface area contributed by atoms with E-state index in [1.54, 1.807) is 18.5 Å². The van der Waals surface area contributed by atoms with Crippen LogP contribution in [-0.2, 0) is 4.79 Å². The molecule has 0 saturated carbocycles. The number of ketones is 1. The molecule has 13 heavy (non-hydrogen) atoms. The maximum absolute atomic E-state index is 10.9. The van der Waals surface area contributed by atoms with E-state index in [9.17, 15) is 4.79 Å². The second-order valence-corrected chi connectivity index (χ2v) is 2.94. The molecule has 0 radical (unpaired) electrons. The largest absolute Gasteiger partial charge is 0.346 e. The molecule has 0 fully saturated rings. The second kappa shape index (κ2) is 3.39. The predicted molar refractivity (Wildman–Crippen MR) is 50.3 cm³/mol. The van der Waals surface area contributed by atoms with Gasteiger partial charge in [-0.25, -0.2) is 0 Å². The van der Waals surface area contributed by atoms with Crippen molar-refractivity contribution in [3.63, 3.8) is 0 Å². The van der Waals surface area contributed by atoms with Crippen molar-refractivity contribution in [2.75, 3.05) is 11.4 Å². The lowest BCUT2D eigenvalue weighted by Crippen LogP contribution is -2.23. The summed E-state index contributed by atoms with van der Waals surface area (Å²) in [6.45, 7) is 0.751. The Kier molecular flexibility index (Phi) is 2.08. The minimum absolute atomic E-state index is 0.195. The van der Waals surface area contributed by atoms with E-state index in [4.69, 9.17) is 0 Å². The summed E-state index contributed by atoms with van der Waals surface area (Å²) in [5, 5.41) is 0. The molecule has 0 atom stereocenters. The summed E-state index contributed by atoms with van der Waals surface area (Å²) in [7, 11) is 0. The van der Waals surface area contributed by atoms with Crippen LogP contribution in [0.5, 0.6) is 0 Å². The number of aromatic nitrogens is 1. The molecule has 0 aromatic carbocycles. The summed E-state index contributed by atoms with van der Waals surface area (Å²) < 4.78 is 0. The number of hydrogen-bond donors (Lipinski definition) is 0. The molecular formula is C10H10N2O. The van der Waals surface area contributed by atoms with E-state index in [2.05, 4.69) is 4.98 Å². The van der Waals surface area contributed by atoms with Crippen molar-refractivity contribution >= 4 is 11.5 Å². The molecule has 0 bridgehead atoms. The highest BCUT2D eigenvalue weighted by molar-refractivity contribution is 5.91. The predicted octanol–water partition coefficient (Wildman–Crippen LogP) is 1.37. The zero-order chi connectivity index (χ0) is 9.10. The van der Waals surface area contributed by atoms with Crippen molar-refractivity contribution in [3.8, 4) is 0 Å². The first-order chi connectivity index (χ1) is 6.36. The summed E-state index contributed by atoms with van der Waals surface area (Å²) >= 11 is 0. The first-order valence-electron chi connectivity index (χ1n) is 4.24. The Morgan fingerprint density at radius 2 is 2.38 bits per heavy atom. The van der Waals surface area contributed by atoms with Gasteiger partial charge >= 0.3 is 0 Å². The zero-order valence-corrected chi connectivity index (χ0v) is 7.18. The van der Waals surface area contributed by atoms with Gasteiger partial charge in [-0.1, -0.05) is 0 Å². The van der Waals surface area contributed by atoms with E-state index in [-0.39, 0.29) is 5.78 Å². The number of pyridine rings is 1. The first kappa shape index (κ1) is 7.98. The van der Waals surface area contributed by atoms with Crippen LogP contribution in [0.4, 0.5) is 5.69 Å². The fourth-order valence-corrected chi connectivity index (χ4v) is 1.30. The van der Waals surface area contributed by atoms with E-state index in [1.165, 1.54) is 0 Å². The van der Waals surface area contributed by atoms with Crippen LogP contribution in [0.15, 0.2) is 36.8 Å². The first-order valence-corrected chi connectivity index (χ1v) is 4.24. The Balaban J connectivity index is 2.20. The van der Waals surface area contributed by atoms with Gasteiger partial charge in [0.05, 0.1) is 11.9 Å². The number of anilines is 1. The molecule has 0 saturated heterocycles. The quantitative estimate of drug-likeness (QED) is 0.644. The van der Waals surface area contributed by atoms with Gasteiger partial charge in [0.1, 0.15) is 0 Å². The van der Waals surface area contributed by atoms with E-state index < -0.39 is 0 Å². The number of rotatable bonds is 1. The Morgan fingerprint density at radius 1 is 1.46 bits per heavy atom. The standard InChI is InChI=1S/C10H10N2O/c13-10-3-6-12(7-4-10)9-2-1-5-11-8-9/h1-3,5-6,8H,4,7H2. The van der Waals surface area contributed by atoms with Crippen molar-refractivity contribution in [1.29, 1.82) is 0 Å². The Hall–Kier alpha value is -1.64. The number of allylic oxidation sites excluding steroid dienone is 1. The van der Waals surface area contributed by atoms with Crippen LogP contribution in [0.2, 0.25) is 0 Å². The minimum Gasteiger partial charge on any atom is -0.346 e. The van der Waals surface area contributed by atoms with Crippen LogP contribution in [-0.4, -0.2) is 17.3 Å². The second-order valence-electron chi connectivity index (χ2n) is 2.94. The highest BCUT2D eigenvalue weighted by atomic mass is 16.1. The molecular weight excluding hydrogens is 164 g/mol. The summed E-state index contributed by atoms with van der Waals surface area (Å²) in [5.41, 5.74) is 1.03. The maximum Gasteiger partial charge on any atom is 0.158 e. The number of hydrogen-bond acceptors (Lipinski definition) is 3. The normalized spacial score (nSPS) is 16.3. The number of carbonyl (C=O) groups excluding carboxylic acids is 1. The molecule has 2 rings (SSSR count). The third-order valence-corrected chi connectivity index (χ3v) is 2.02. The lowest BCUT2D eigenvalue weighted by atomic mass is 10.2. The van der Waals surface area contributed by atoms with Crippen molar-refractivity contribution in [1.82, 2.24) is 4.98 Å². The van der Waals surface area contributed by atoms with Gasteiger partial charge in [0.25, 0.3) is 0 Å². The Morgan fingerprint density at radius 3 is 3.00 bits per heavy atom. The van der Waals surface area contributed by atoms with Gasteiger partial charge in [0.15, 0.2) is 5.78 Å². The van der Waals surface area contributed by atoms with Gasteiger partial charge in [0, 0.05) is 25.4 Å². The molecule has 66 valence electrons. The lowest BCUT2D eigenvalue weighted by Gasteiger charge is -2.22. The van der Waals surface area contributed by atoms with E-state index in [1.807, 2.05) is 23.2 Å². The summed E-state index contributed by atoms with van der Waals surface area (Å²) in [6, 6.07) is 3.87. The molecule has 0 unspecified atom stereocenters. The van der Waals surface area contributed by atoms with Crippen molar-refractivity contribution in [2.24, 2.45) is 0 Å². The number of carbonyl (C=O) groups is 1. The van der Waals surface area contributed by atoms with Gasteiger partial charge in [0.2, 0.25) is 0 Å². The fourth-order valence-electron chi connectivity index (χ4n) is 1.30. The molecule has 0 N–H and O–H groups in total. The third kappa shape index (κ3) is 1.75. The van der Waals surface area contributed by atoms with Gasteiger partial charge in [-0.3, -0.25) is 9.78 Å². The van der Waals surface area contributed by atoms with E-state index in [0.717, 1.165) is 12.2 Å². The van der Waals surface area contributed by atoms with Gasteiger partial charge < -0.3 is 4.90 Å². The van der Waals surface area contributed by atoms with Crippen molar-refractivity contribution in [3.05, 3.63) is 36.8 Å². The molecule has 3 nitrogen and oxygen atoms in total. The van der Waals surface area contributed by atoms with Crippen LogP contribution in [0.25, 0.3) is 0 Å². The fraction of sp³-hybridized carbons (Fsp3) is 0.200. The molecule has 0 spiro atoms. The summed E-state index contributed by atoms with van der Waals surface area (Å²) in [6.07, 6.45) is 7.53. The van der Waals surface area contributed by atoms with Crippen LogP contribution >= 0.6 is 0 Å². The Labute approximate surface area is 76.7 Å². The summed E-state index contributed by atoms with van der Waals surface area (Å²) in [5.74, 6) is 0.195. The molecule has 1 aliphatic heterocycles. The average Bonchev–Trinajstić information content (AvgIpc) is 2.20. The molecule has 1 aliphatic rings. The molecule has 1 aromatic rings. The van der Waals surface area contributed by atoms with Crippen LogP contribution in [0.3, 0.4) is 0 Å². The van der Waals surface area contributed by atoms with Crippen LogP contribution in [0.1, 0.15) is 6.42 Å². The SMILES string of the molecule is O=C1C=CN(c2cccnc2)CC1. The topological polar surface area (TPSA) is 33.2 Å². The summed E-state index contributed by atoms with van der Waals surface area (Å²) in [4.78, 5) is 17.0. The highest BCUT2D eigenvalue weighted by Gasteiger charge is 2.10. The van der Waals surface area contributed by atoms with Crippen LogP contribution in [0, 0.1) is 0 Å². The minimum atomic E-state index is 0.195. The zero-order valence-electron chi connectivity index (χ0n) is 7.18.